The maximum absolute atomic E-state index is 14.3. The first kappa shape index (κ1) is 23.6. The second-order valence-corrected chi connectivity index (χ2v) is 8.73. The van der Waals surface area contributed by atoms with Gasteiger partial charge in [0.15, 0.2) is 0 Å². The van der Waals surface area contributed by atoms with Gasteiger partial charge >= 0.3 is 0 Å². The number of aliphatic imine (C=N–C) groups is 1. The molecule has 0 saturated heterocycles. The summed E-state index contributed by atoms with van der Waals surface area (Å²) in [7, 11) is 0. The van der Waals surface area contributed by atoms with Gasteiger partial charge in [0.1, 0.15) is 5.82 Å². The summed E-state index contributed by atoms with van der Waals surface area (Å²) in [6, 6.07) is 13.7. The van der Waals surface area contributed by atoms with E-state index in [1.165, 1.54) is 0 Å². The molecule has 0 saturated carbocycles. The lowest BCUT2D eigenvalue weighted by Gasteiger charge is -2.15. The number of aromatic nitrogens is 1. The summed E-state index contributed by atoms with van der Waals surface area (Å²) in [4.78, 5) is 9.24. The van der Waals surface area contributed by atoms with Crippen molar-refractivity contribution in [2.45, 2.75) is 60.3 Å². The van der Waals surface area contributed by atoms with Crippen LogP contribution in [0.15, 0.2) is 65.9 Å². The van der Waals surface area contributed by atoms with Crippen LogP contribution in [0.4, 0.5) is 4.39 Å². The molecular weight excluding hydrogens is 395 g/mol. The molecule has 0 N–H and O–H groups in total. The van der Waals surface area contributed by atoms with Gasteiger partial charge < -0.3 is 0 Å². The van der Waals surface area contributed by atoms with E-state index in [2.05, 4.69) is 70.8 Å². The number of hydrogen-bond donors (Lipinski definition) is 0. The summed E-state index contributed by atoms with van der Waals surface area (Å²) < 4.78 is 14.3. The Bertz CT molecular complexity index is 1140. The third-order valence-corrected chi connectivity index (χ3v) is 5.73. The molecule has 32 heavy (non-hydrogen) atoms. The summed E-state index contributed by atoms with van der Waals surface area (Å²) in [5.74, 6) is 0.0903. The molecular formula is C29H33FN2. The largest absolute Gasteiger partial charge is 0.264 e. The minimum Gasteiger partial charge on any atom is -0.264 e. The van der Waals surface area contributed by atoms with Crippen LogP contribution in [0.1, 0.15) is 74.3 Å². The Morgan fingerprint density at radius 2 is 1.88 bits per heavy atom. The lowest BCUT2D eigenvalue weighted by atomic mass is 9.91. The first-order valence-electron chi connectivity index (χ1n) is 11.4. The zero-order chi connectivity index (χ0) is 23.3. The molecule has 1 heterocycles. The first-order chi connectivity index (χ1) is 15.3. The maximum Gasteiger partial charge on any atom is 0.124 e. The minimum atomic E-state index is -0.188. The van der Waals surface area contributed by atoms with E-state index >= 15 is 0 Å². The van der Waals surface area contributed by atoms with Crippen molar-refractivity contribution >= 4 is 11.4 Å². The highest BCUT2D eigenvalue weighted by atomic mass is 19.1. The van der Waals surface area contributed by atoms with Gasteiger partial charge in [0.25, 0.3) is 0 Å². The van der Waals surface area contributed by atoms with Gasteiger partial charge in [-0.05, 0) is 96.8 Å². The Hall–Kier alpha value is -3.07. The smallest absolute Gasteiger partial charge is 0.124 e. The number of aryl methyl sites for hydroxylation is 2. The second kappa shape index (κ2) is 10.5. The number of hydrogen-bond acceptors (Lipinski definition) is 2. The standard InChI is InChI=1S/C29H33FN2/c1-7-8-11-29(23-10-9-12-31-18-23)32-22(6)27-13-21(5)28(14-20(27)4)25-15-24(19(2)3)16-26(30)17-25/h9-19H,7-8H2,1-6H3/b29-11+,32-22?. The van der Waals surface area contributed by atoms with Crippen LogP contribution >= 0.6 is 0 Å². The van der Waals surface area contributed by atoms with E-state index in [1.54, 1.807) is 18.3 Å². The third kappa shape index (κ3) is 5.59. The maximum atomic E-state index is 14.3. The van der Waals surface area contributed by atoms with Gasteiger partial charge in [0.2, 0.25) is 0 Å². The van der Waals surface area contributed by atoms with Crippen LogP contribution in [0, 0.1) is 19.7 Å². The summed E-state index contributed by atoms with van der Waals surface area (Å²) in [6.07, 6.45) is 7.85. The third-order valence-electron chi connectivity index (χ3n) is 5.73. The van der Waals surface area contributed by atoms with Gasteiger partial charge in [-0.2, -0.15) is 0 Å². The molecule has 0 unspecified atom stereocenters. The van der Waals surface area contributed by atoms with Crippen LogP contribution in [0.25, 0.3) is 16.8 Å². The highest BCUT2D eigenvalue weighted by Crippen LogP contribution is 2.31. The van der Waals surface area contributed by atoms with Crippen LogP contribution in [0.5, 0.6) is 0 Å². The number of nitrogens with zero attached hydrogens (tertiary/aromatic N) is 2. The zero-order valence-corrected chi connectivity index (χ0v) is 20.0. The quantitative estimate of drug-likeness (QED) is 0.348. The average molecular weight is 429 g/mol. The van der Waals surface area contributed by atoms with Crippen LogP contribution in [-0.4, -0.2) is 10.7 Å². The fourth-order valence-electron chi connectivity index (χ4n) is 3.88. The number of pyridine rings is 1. The summed E-state index contributed by atoms with van der Waals surface area (Å²) in [5.41, 5.74) is 9.29. The van der Waals surface area contributed by atoms with Crippen molar-refractivity contribution in [1.29, 1.82) is 0 Å². The van der Waals surface area contributed by atoms with Crippen molar-refractivity contribution < 1.29 is 4.39 Å². The molecule has 1 aromatic heterocycles. The van der Waals surface area contributed by atoms with Crippen molar-refractivity contribution in [2.24, 2.45) is 4.99 Å². The molecule has 3 aromatic rings. The van der Waals surface area contributed by atoms with Gasteiger partial charge in [0, 0.05) is 23.7 Å². The Kier molecular flexibility index (Phi) is 7.74. The Morgan fingerprint density at radius 1 is 1.09 bits per heavy atom. The molecule has 0 aliphatic rings. The highest BCUT2D eigenvalue weighted by molar-refractivity contribution is 6.03. The van der Waals surface area contributed by atoms with Crippen LogP contribution in [0.2, 0.25) is 0 Å². The second-order valence-electron chi connectivity index (χ2n) is 8.73. The minimum absolute atomic E-state index is 0.188. The van der Waals surface area contributed by atoms with Crippen LogP contribution in [-0.2, 0) is 0 Å². The molecule has 0 aliphatic heterocycles. The van der Waals surface area contributed by atoms with Gasteiger partial charge in [-0.3, -0.25) is 9.98 Å². The Labute approximate surface area is 192 Å². The van der Waals surface area contributed by atoms with Crippen molar-refractivity contribution in [2.75, 3.05) is 0 Å². The van der Waals surface area contributed by atoms with E-state index in [9.17, 15) is 4.39 Å². The topological polar surface area (TPSA) is 25.2 Å². The average Bonchev–Trinajstić information content (AvgIpc) is 2.77. The van der Waals surface area contributed by atoms with Crippen LogP contribution < -0.4 is 0 Å². The first-order valence-corrected chi connectivity index (χ1v) is 11.4. The van der Waals surface area contributed by atoms with E-state index < -0.39 is 0 Å². The molecule has 0 radical (unpaired) electrons. The normalized spacial score (nSPS) is 12.5. The van der Waals surface area contributed by atoms with Crippen molar-refractivity contribution in [3.8, 4) is 11.1 Å². The molecule has 0 fully saturated rings. The number of rotatable bonds is 7. The van der Waals surface area contributed by atoms with E-state index in [1.807, 2.05) is 18.3 Å². The number of benzene rings is 2. The predicted molar refractivity (Wildman–Crippen MR) is 135 cm³/mol. The Balaban J connectivity index is 2.04. The zero-order valence-electron chi connectivity index (χ0n) is 20.0. The number of unbranched alkanes of at least 4 members (excludes halogenated alkanes) is 1. The van der Waals surface area contributed by atoms with Crippen molar-refractivity contribution in [3.63, 3.8) is 0 Å². The fraction of sp³-hybridized carbons (Fsp3) is 0.310. The van der Waals surface area contributed by atoms with Gasteiger partial charge in [-0.25, -0.2) is 4.39 Å². The SMILES string of the molecule is CCC/C=C(/N=C(C)c1cc(C)c(-c2cc(F)cc(C(C)C)c2)cc1C)c1cccnc1. The lowest BCUT2D eigenvalue weighted by Crippen LogP contribution is -2.02. The molecule has 2 aromatic carbocycles. The van der Waals surface area contributed by atoms with Crippen LogP contribution in [0.3, 0.4) is 0 Å². The number of halogens is 1. The summed E-state index contributed by atoms with van der Waals surface area (Å²) >= 11 is 0. The molecule has 0 aliphatic carbocycles. The van der Waals surface area contributed by atoms with Gasteiger partial charge in [-0.1, -0.05) is 45.4 Å². The lowest BCUT2D eigenvalue weighted by molar-refractivity contribution is 0.624. The van der Waals surface area contributed by atoms with E-state index in [-0.39, 0.29) is 11.7 Å². The summed E-state index contributed by atoms with van der Waals surface area (Å²) in [5, 5.41) is 0. The molecule has 3 rings (SSSR count). The monoisotopic (exact) mass is 428 g/mol. The predicted octanol–water partition coefficient (Wildman–Crippen LogP) is 8.28. The molecule has 0 atom stereocenters. The van der Waals surface area contributed by atoms with Gasteiger partial charge in [0.05, 0.1) is 5.70 Å². The molecule has 0 amide bonds. The van der Waals surface area contributed by atoms with Crippen molar-refractivity contribution in [3.05, 3.63) is 94.6 Å². The number of allylic oxidation sites excluding steroid dienone is 1. The van der Waals surface area contributed by atoms with Crippen molar-refractivity contribution in [1.82, 2.24) is 4.98 Å². The summed E-state index contributed by atoms with van der Waals surface area (Å²) in [6.45, 7) is 12.6. The van der Waals surface area contributed by atoms with E-state index in [4.69, 9.17) is 4.99 Å². The Morgan fingerprint density at radius 3 is 2.53 bits per heavy atom. The van der Waals surface area contributed by atoms with Gasteiger partial charge in [-0.15, -0.1) is 0 Å². The molecule has 0 bridgehead atoms. The van der Waals surface area contributed by atoms with E-state index in [0.29, 0.717) is 0 Å². The molecule has 3 heteroatoms. The molecule has 166 valence electrons. The fourth-order valence-corrected chi connectivity index (χ4v) is 3.88. The highest BCUT2D eigenvalue weighted by Gasteiger charge is 2.12. The molecule has 2 nitrogen and oxygen atoms in total. The molecule has 0 spiro atoms. The van der Waals surface area contributed by atoms with E-state index in [0.717, 1.165) is 63.2 Å².